The van der Waals surface area contributed by atoms with E-state index in [0.29, 0.717) is 11.1 Å². The van der Waals surface area contributed by atoms with Crippen LogP contribution < -0.4 is 5.32 Å². The van der Waals surface area contributed by atoms with Gasteiger partial charge in [0, 0.05) is 20.1 Å². The zero-order chi connectivity index (χ0) is 13.9. The molecule has 2 rings (SSSR count). The normalized spacial score (nSPS) is 18.2. The lowest BCUT2D eigenvalue weighted by Crippen LogP contribution is -2.42. The van der Waals surface area contributed by atoms with Crippen LogP contribution in [0.4, 0.5) is 5.69 Å². The fraction of sp³-hybridized carbons (Fsp3) is 0.600. The minimum absolute atomic E-state index is 0.0563. The first-order valence-corrected chi connectivity index (χ1v) is 7.01. The van der Waals surface area contributed by atoms with E-state index in [-0.39, 0.29) is 5.91 Å². The molecule has 1 fully saturated rings. The summed E-state index contributed by atoms with van der Waals surface area (Å²) < 4.78 is 0. The molecule has 0 radical (unpaired) electrons. The van der Waals surface area contributed by atoms with Crippen molar-refractivity contribution in [2.45, 2.75) is 33.1 Å². The number of nitrogens with zero attached hydrogens (tertiary/aromatic N) is 2. The number of hydrogen-bond donors (Lipinski definition) is 1. The Morgan fingerprint density at radius 2 is 2.11 bits per heavy atom. The minimum atomic E-state index is 0.0563. The Morgan fingerprint density at radius 3 is 2.58 bits per heavy atom. The Labute approximate surface area is 115 Å². The second-order valence-electron chi connectivity index (χ2n) is 5.64. The Bertz CT molecular complexity index is 433. The minimum Gasteiger partial charge on any atom is -0.387 e. The number of hydrogen-bond acceptors (Lipinski definition) is 3. The molecule has 1 amide bonds. The van der Waals surface area contributed by atoms with Crippen molar-refractivity contribution in [2.24, 2.45) is 5.41 Å². The Morgan fingerprint density at radius 1 is 1.42 bits per heavy atom. The van der Waals surface area contributed by atoms with E-state index in [0.717, 1.165) is 31.6 Å². The predicted molar refractivity (Wildman–Crippen MR) is 77.3 cm³/mol. The molecule has 4 nitrogen and oxygen atoms in total. The SMILES string of the molecule is CCC1(C)CCN(C(=O)c2ccc(NC)cn2)CC1. The van der Waals surface area contributed by atoms with Crippen LogP contribution in [-0.2, 0) is 0 Å². The van der Waals surface area contributed by atoms with Gasteiger partial charge in [-0.1, -0.05) is 20.3 Å². The van der Waals surface area contributed by atoms with E-state index >= 15 is 0 Å². The van der Waals surface area contributed by atoms with Gasteiger partial charge >= 0.3 is 0 Å². The molecule has 1 aliphatic rings. The molecule has 19 heavy (non-hydrogen) atoms. The summed E-state index contributed by atoms with van der Waals surface area (Å²) in [6.45, 7) is 6.24. The van der Waals surface area contributed by atoms with Crippen molar-refractivity contribution in [1.82, 2.24) is 9.88 Å². The molecule has 1 N–H and O–H groups in total. The highest BCUT2D eigenvalue weighted by molar-refractivity contribution is 5.92. The predicted octanol–water partition coefficient (Wildman–Crippen LogP) is 2.78. The highest BCUT2D eigenvalue weighted by atomic mass is 16.2. The number of anilines is 1. The van der Waals surface area contributed by atoms with Crippen molar-refractivity contribution < 1.29 is 4.79 Å². The number of aromatic nitrogens is 1. The molecule has 0 unspecified atom stereocenters. The summed E-state index contributed by atoms with van der Waals surface area (Å²) in [7, 11) is 1.84. The third kappa shape index (κ3) is 3.06. The zero-order valence-electron chi connectivity index (χ0n) is 12.1. The fourth-order valence-electron chi connectivity index (χ4n) is 2.43. The lowest BCUT2D eigenvalue weighted by Gasteiger charge is -2.38. The number of carbonyl (C=O) groups excluding carboxylic acids is 1. The van der Waals surface area contributed by atoms with Gasteiger partial charge in [0.1, 0.15) is 5.69 Å². The van der Waals surface area contributed by atoms with Crippen LogP contribution in [0, 0.1) is 5.41 Å². The number of likely N-dealkylation sites (tertiary alicyclic amines) is 1. The van der Waals surface area contributed by atoms with Crippen molar-refractivity contribution in [3.05, 3.63) is 24.0 Å². The van der Waals surface area contributed by atoms with E-state index in [2.05, 4.69) is 24.1 Å². The summed E-state index contributed by atoms with van der Waals surface area (Å²) in [5, 5.41) is 3.00. The van der Waals surface area contributed by atoms with Gasteiger partial charge in [-0.2, -0.15) is 0 Å². The molecule has 104 valence electrons. The average Bonchev–Trinajstić information content (AvgIpc) is 2.47. The molecular weight excluding hydrogens is 238 g/mol. The standard InChI is InChI=1S/C15H23N3O/c1-4-15(2)7-9-18(10-8-15)14(19)13-6-5-12(16-3)11-17-13/h5-6,11,16H,4,7-10H2,1-3H3. The van der Waals surface area contributed by atoms with E-state index < -0.39 is 0 Å². The average molecular weight is 261 g/mol. The van der Waals surface area contributed by atoms with Gasteiger partial charge in [-0.15, -0.1) is 0 Å². The fourth-order valence-corrected chi connectivity index (χ4v) is 2.43. The van der Waals surface area contributed by atoms with E-state index in [1.165, 1.54) is 6.42 Å². The van der Waals surface area contributed by atoms with Gasteiger partial charge in [-0.25, -0.2) is 4.98 Å². The molecule has 0 spiro atoms. The second kappa shape index (κ2) is 5.59. The lowest BCUT2D eigenvalue weighted by molar-refractivity contribution is 0.0594. The van der Waals surface area contributed by atoms with Gasteiger partial charge in [0.2, 0.25) is 0 Å². The van der Waals surface area contributed by atoms with Crippen LogP contribution in [-0.4, -0.2) is 35.9 Å². The molecule has 4 heteroatoms. The summed E-state index contributed by atoms with van der Waals surface area (Å²) in [4.78, 5) is 18.5. The molecule has 1 aromatic heterocycles. The van der Waals surface area contributed by atoms with Crippen molar-refractivity contribution >= 4 is 11.6 Å². The van der Waals surface area contributed by atoms with Crippen LogP contribution in [0.15, 0.2) is 18.3 Å². The van der Waals surface area contributed by atoms with Crippen LogP contribution in [0.2, 0.25) is 0 Å². The number of amides is 1. The van der Waals surface area contributed by atoms with Gasteiger partial charge in [0.05, 0.1) is 11.9 Å². The van der Waals surface area contributed by atoms with E-state index in [1.54, 1.807) is 12.3 Å². The number of pyridine rings is 1. The summed E-state index contributed by atoms with van der Waals surface area (Å²) in [5.74, 6) is 0.0563. The highest BCUT2D eigenvalue weighted by Crippen LogP contribution is 2.34. The highest BCUT2D eigenvalue weighted by Gasteiger charge is 2.30. The first kappa shape index (κ1) is 13.8. The van der Waals surface area contributed by atoms with Crippen LogP contribution in [0.3, 0.4) is 0 Å². The van der Waals surface area contributed by atoms with Gasteiger partial charge < -0.3 is 10.2 Å². The molecule has 0 aliphatic carbocycles. The Hall–Kier alpha value is -1.58. The largest absolute Gasteiger partial charge is 0.387 e. The second-order valence-corrected chi connectivity index (χ2v) is 5.64. The maximum atomic E-state index is 12.3. The molecule has 2 heterocycles. The summed E-state index contributed by atoms with van der Waals surface area (Å²) in [6, 6.07) is 3.68. The Balaban J connectivity index is 2.00. The molecule has 1 aromatic rings. The number of piperidine rings is 1. The van der Waals surface area contributed by atoms with E-state index in [4.69, 9.17) is 0 Å². The maximum Gasteiger partial charge on any atom is 0.272 e. The van der Waals surface area contributed by atoms with Crippen molar-refractivity contribution in [2.75, 3.05) is 25.5 Å². The number of rotatable bonds is 3. The summed E-state index contributed by atoms with van der Waals surface area (Å²) >= 11 is 0. The Kier molecular flexibility index (Phi) is 4.08. The first-order chi connectivity index (χ1) is 9.08. The van der Waals surface area contributed by atoms with Crippen LogP contribution in [0.5, 0.6) is 0 Å². The van der Waals surface area contributed by atoms with Gasteiger partial charge in [0.25, 0.3) is 5.91 Å². The smallest absolute Gasteiger partial charge is 0.272 e. The molecule has 0 bridgehead atoms. The van der Waals surface area contributed by atoms with Crippen LogP contribution in [0.25, 0.3) is 0 Å². The quantitative estimate of drug-likeness (QED) is 0.910. The molecule has 0 aromatic carbocycles. The van der Waals surface area contributed by atoms with Crippen molar-refractivity contribution in [3.8, 4) is 0 Å². The summed E-state index contributed by atoms with van der Waals surface area (Å²) in [6.07, 6.45) is 5.06. The van der Waals surface area contributed by atoms with Gasteiger partial charge in [-0.3, -0.25) is 4.79 Å². The third-order valence-electron chi connectivity index (χ3n) is 4.38. The van der Waals surface area contributed by atoms with Crippen LogP contribution >= 0.6 is 0 Å². The molecule has 0 saturated carbocycles. The maximum absolute atomic E-state index is 12.3. The van der Waals surface area contributed by atoms with Crippen LogP contribution in [0.1, 0.15) is 43.6 Å². The molecule has 1 aliphatic heterocycles. The molecule has 1 saturated heterocycles. The summed E-state index contributed by atoms with van der Waals surface area (Å²) in [5.41, 5.74) is 1.87. The topological polar surface area (TPSA) is 45.2 Å². The monoisotopic (exact) mass is 261 g/mol. The van der Waals surface area contributed by atoms with E-state index in [1.807, 2.05) is 18.0 Å². The number of nitrogens with one attached hydrogen (secondary N) is 1. The van der Waals surface area contributed by atoms with Crippen molar-refractivity contribution in [1.29, 1.82) is 0 Å². The third-order valence-corrected chi connectivity index (χ3v) is 4.38. The lowest BCUT2D eigenvalue weighted by atomic mass is 9.78. The van der Waals surface area contributed by atoms with Gasteiger partial charge in [0.15, 0.2) is 0 Å². The zero-order valence-corrected chi connectivity index (χ0v) is 12.1. The van der Waals surface area contributed by atoms with E-state index in [9.17, 15) is 4.79 Å². The molecular formula is C15H23N3O. The first-order valence-electron chi connectivity index (χ1n) is 7.01. The van der Waals surface area contributed by atoms with Crippen molar-refractivity contribution in [3.63, 3.8) is 0 Å². The number of carbonyl (C=O) groups is 1. The van der Waals surface area contributed by atoms with Gasteiger partial charge in [-0.05, 0) is 30.4 Å². The molecule has 0 atom stereocenters.